The first-order valence-corrected chi connectivity index (χ1v) is 6.45. The maximum Gasteiger partial charge on any atom is 0.228 e. The lowest BCUT2D eigenvalue weighted by Gasteiger charge is -2.19. The van der Waals surface area contributed by atoms with Crippen molar-refractivity contribution < 1.29 is 0 Å². The smallest absolute Gasteiger partial charge is 0.228 e. The number of H-pyrrole nitrogens is 1. The van der Waals surface area contributed by atoms with Gasteiger partial charge in [0.15, 0.2) is 0 Å². The van der Waals surface area contributed by atoms with Crippen molar-refractivity contribution in [3.8, 4) is 0 Å². The Kier molecular flexibility index (Phi) is 2.61. The van der Waals surface area contributed by atoms with E-state index < -0.39 is 0 Å². The van der Waals surface area contributed by atoms with Crippen molar-refractivity contribution >= 4 is 22.8 Å². The Bertz CT molecular complexity index is 566. The van der Waals surface area contributed by atoms with E-state index in [4.69, 9.17) is 4.98 Å². The minimum Gasteiger partial charge on any atom is -0.356 e. The van der Waals surface area contributed by atoms with Crippen molar-refractivity contribution in [1.29, 1.82) is 0 Å². The standard InChI is InChI=1S/C13H19N5/c1-9-8-10-11(14-9)15-13(17(2)3)16-12(10)18-6-4-5-7-18/h8H,4-7H2,1-3H3,(H,14,15,16). The van der Waals surface area contributed by atoms with Gasteiger partial charge in [0.05, 0.1) is 5.39 Å². The monoisotopic (exact) mass is 245 g/mol. The fourth-order valence-electron chi connectivity index (χ4n) is 2.48. The fraction of sp³-hybridized carbons (Fsp3) is 0.538. The third-order valence-electron chi connectivity index (χ3n) is 3.40. The maximum atomic E-state index is 4.72. The van der Waals surface area contributed by atoms with Gasteiger partial charge in [0.1, 0.15) is 11.5 Å². The van der Waals surface area contributed by atoms with E-state index in [-0.39, 0.29) is 0 Å². The second-order valence-electron chi connectivity index (χ2n) is 5.15. The van der Waals surface area contributed by atoms with Gasteiger partial charge < -0.3 is 14.8 Å². The molecule has 1 N–H and O–H groups in total. The van der Waals surface area contributed by atoms with Crippen LogP contribution in [0.25, 0.3) is 11.0 Å². The van der Waals surface area contributed by atoms with Crippen LogP contribution in [-0.4, -0.2) is 42.1 Å². The van der Waals surface area contributed by atoms with Gasteiger partial charge >= 0.3 is 0 Å². The highest BCUT2D eigenvalue weighted by Crippen LogP contribution is 2.29. The third-order valence-corrected chi connectivity index (χ3v) is 3.40. The number of fused-ring (bicyclic) bond motifs is 1. The second-order valence-corrected chi connectivity index (χ2v) is 5.15. The third kappa shape index (κ3) is 1.79. The molecular weight excluding hydrogens is 226 g/mol. The molecule has 0 aromatic carbocycles. The summed E-state index contributed by atoms with van der Waals surface area (Å²) in [6, 6.07) is 2.14. The molecule has 5 nitrogen and oxygen atoms in total. The molecule has 1 fully saturated rings. The molecule has 5 heteroatoms. The molecular formula is C13H19N5. The van der Waals surface area contributed by atoms with Gasteiger partial charge in [-0.25, -0.2) is 0 Å². The van der Waals surface area contributed by atoms with Gasteiger partial charge in [-0.3, -0.25) is 0 Å². The number of aromatic amines is 1. The number of rotatable bonds is 2. The van der Waals surface area contributed by atoms with Crippen LogP contribution in [-0.2, 0) is 0 Å². The Morgan fingerprint density at radius 3 is 2.61 bits per heavy atom. The van der Waals surface area contributed by atoms with Crippen LogP contribution >= 0.6 is 0 Å². The van der Waals surface area contributed by atoms with Crippen LogP contribution in [0, 0.1) is 6.92 Å². The van der Waals surface area contributed by atoms with E-state index >= 15 is 0 Å². The minimum atomic E-state index is 0.770. The number of nitrogens with zero attached hydrogens (tertiary/aromatic N) is 4. The zero-order chi connectivity index (χ0) is 12.7. The maximum absolute atomic E-state index is 4.72. The first-order chi connectivity index (χ1) is 8.65. The molecule has 0 aliphatic carbocycles. The van der Waals surface area contributed by atoms with Crippen molar-refractivity contribution in [2.75, 3.05) is 37.0 Å². The topological polar surface area (TPSA) is 48.1 Å². The lowest BCUT2D eigenvalue weighted by molar-refractivity contribution is 0.922. The zero-order valence-corrected chi connectivity index (χ0v) is 11.2. The average molecular weight is 245 g/mol. The summed E-state index contributed by atoms with van der Waals surface area (Å²) in [5.41, 5.74) is 2.07. The van der Waals surface area contributed by atoms with E-state index in [1.54, 1.807) is 0 Å². The van der Waals surface area contributed by atoms with Crippen LogP contribution in [0.2, 0.25) is 0 Å². The van der Waals surface area contributed by atoms with E-state index in [0.29, 0.717) is 0 Å². The van der Waals surface area contributed by atoms with Crippen molar-refractivity contribution in [2.45, 2.75) is 19.8 Å². The highest BCUT2D eigenvalue weighted by Gasteiger charge is 2.19. The number of aromatic nitrogens is 3. The van der Waals surface area contributed by atoms with E-state index in [0.717, 1.165) is 41.6 Å². The van der Waals surface area contributed by atoms with Crippen molar-refractivity contribution in [1.82, 2.24) is 15.0 Å². The highest BCUT2D eigenvalue weighted by atomic mass is 15.3. The summed E-state index contributed by atoms with van der Waals surface area (Å²) in [7, 11) is 3.95. The molecule has 1 aliphatic rings. The summed E-state index contributed by atoms with van der Waals surface area (Å²) in [5.74, 6) is 1.84. The Labute approximate surface area is 107 Å². The van der Waals surface area contributed by atoms with Crippen molar-refractivity contribution in [3.05, 3.63) is 11.8 Å². The number of aryl methyl sites for hydroxylation is 1. The first kappa shape index (κ1) is 11.3. The molecule has 2 aromatic heterocycles. The van der Waals surface area contributed by atoms with Gasteiger partial charge in [-0.05, 0) is 25.8 Å². The summed E-state index contributed by atoms with van der Waals surface area (Å²) in [6.45, 7) is 4.26. The van der Waals surface area contributed by atoms with Crippen molar-refractivity contribution in [2.24, 2.45) is 0 Å². The lowest BCUT2D eigenvalue weighted by atomic mass is 10.3. The SMILES string of the molecule is Cc1cc2c(N3CCCC3)nc(N(C)C)nc2[nH]1. The Balaban J connectivity index is 2.19. The molecule has 0 unspecified atom stereocenters. The first-order valence-electron chi connectivity index (χ1n) is 6.45. The van der Waals surface area contributed by atoms with Gasteiger partial charge in [0.25, 0.3) is 0 Å². The van der Waals surface area contributed by atoms with Gasteiger partial charge in [0.2, 0.25) is 5.95 Å². The molecule has 2 aromatic rings. The van der Waals surface area contributed by atoms with Gasteiger partial charge in [-0.1, -0.05) is 0 Å². The van der Waals surface area contributed by atoms with Crippen LogP contribution in [0.1, 0.15) is 18.5 Å². The summed E-state index contributed by atoms with van der Waals surface area (Å²) in [4.78, 5) is 16.9. The van der Waals surface area contributed by atoms with Gasteiger partial charge in [-0.15, -0.1) is 0 Å². The van der Waals surface area contributed by atoms with E-state index in [2.05, 4.69) is 27.9 Å². The molecule has 1 saturated heterocycles. The normalized spacial score (nSPS) is 15.6. The van der Waals surface area contributed by atoms with Crippen LogP contribution < -0.4 is 9.80 Å². The molecule has 0 radical (unpaired) electrons. The summed E-state index contributed by atoms with van der Waals surface area (Å²) < 4.78 is 0. The van der Waals surface area contributed by atoms with Gasteiger partial charge in [0, 0.05) is 32.9 Å². The second kappa shape index (κ2) is 4.15. The van der Waals surface area contributed by atoms with E-state index in [9.17, 15) is 0 Å². The van der Waals surface area contributed by atoms with Crippen LogP contribution in [0.3, 0.4) is 0 Å². The molecule has 3 rings (SSSR count). The van der Waals surface area contributed by atoms with E-state index in [1.807, 2.05) is 19.0 Å². The quantitative estimate of drug-likeness (QED) is 0.878. The molecule has 1 aliphatic heterocycles. The Morgan fingerprint density at radius 1 is 1.22 bits per heavy atom. The van der Waals surface area contributed by atoms with Crippen molar-refractivity contribution in [3.63, 3.8) is 0 Å². The largest absolute Gasteiger partial charge is 0.356 e. The number of hydrogen-bond donors (Lipinski definition) is 1. The number of hydrogen-bond acceptors (Lipinski definition) is 4. The molecule has 0 spiro atoms. The van der Waals surface area contributed by atoms with Crippen LogP contribution in [0.15, 0.2) is 6.07 Å². The predicted octanol–water partition coefficient (Wildman–Crippen LogP) is 1.93. The Morgan fingerprint density at radius 2 is 1.94 bits per heavy atom. The summed E-state index contributed by atoms with van der Waals surface area (Å²) >= 11 is 0. The molecule has 0 atom stereocenters. The summed E-state index contributed by atoms with van der Waals surface area (Å²) in [5, 5.41) is 1.14. The van der Waals surface area contributed by atoms with E-state index in [1.165, 1.54) is 12.8 Å². The minimum absolute atomic E-state index is 0.770. The van der Waals surface area contributed by atoms with Crippen LogP contribution in [0.5, 0.6) is 0 Å². The number of anilines is 2. The number of nitrogens with one attached hydrogen (secondary N) is 1. The predicted molar refractivity (Wildman–Crippen MR) is 74.4 cm³/mol. The molecule has 3 heterocycles. The molecule has 96 valence electrons. The lowest BCUT2D eigenvalue weighted by Crippen LogP contribution is -2.21. The highest BCUT2D eigenvalue weighted by molar-refractivity contribution is 5.89. The van der Waals surface area contributed by atoms with Crippen LogP contribution in [0.4, 0.5) is 11.8 Å². The molecule has 18 heavy (non-hydrogen) atoms. The molecule has 0 saturated carbocycles. The fourth-order valence-corrected chi connectivity index (χ4v) is 2.48. The molecule has 0 bridgehead atoms. The Hall–Kier alpha value is -1.78. The average Bonchev–Trinajstić information content (AvgIpc) is 2.94. The zero-order valence-electron chi connectivity index (χ0n) is 11.2. The van der Waals surface area contributed by atoms with Gasteiger partial charge in [-0.2, -0.15) is 9.97 Å². The summed E-state index contributed by atoms with van der Waals surface area (Å²) in [6.07, 6.45) is 2.51. The molecule has 0 amide bonds.